The van der Waals surface area contributed by atoms with E-state index in [0.717, 1.165) is 39.3 Å². The molecule has 1 aliphatic rings. The summed E-state index contributed by atoms with van der Waals surface area (Å²) in [6.07, 6.45) is 4.04. The molecule has 0 aliphatic carbocycles. The molecule has 0 radical (unpaired) electrons. The molecule has 18 heavy (non-hydrogen) atoms. The van der Waals surface area contributed by atoms with E-state index in [1.807, 2.05) is 0 Å². The molecule has 1 aliphatic heterocycles. The highest BCUT2D eigenvalue weighted by molar-refractivity contribution is 4.78. The summed E-state index contributed by atoms with van der Waals surface area (Å²) in [5.41, 5.74) is 0. The Morgan fingerprint density at radius 3 is 2.94 bits per heavy atom. The summed E-state index contributed by atoms with van der Waals surface area (Å²) in [4.78, 5) is 2.55. The number of piperidine rings is 1. The minimum atomic E-state index is 0.445. The van der Waals surface area contributed by atoms with Gasteiger partial charge in [-0.2, -0.15) is 0 Å². The highest BCUT2D eigenvalue weighted by Gasteiger charge is 2.23. The summed E-state index contributed by atoms with van der Waals surface area (Å²) < 4.78 is 10.9. The third-order valence-corrected chi connectivity index (χ3v) is 3.51. The maximum Gasteiger partial charge on any atom is 0.0702 e. The number of nitrogens with one attached hydrogen (secondary N) is 1. The van der Waals surface area contributed by atoms with Gasteiger partial charge in [-0.1, -0.05) is 6.92 Å². The van der Waals surface area contributed by atoms with Crippen LogP contribution in [-0.4, -0.2) is 63.5 Å². The Balaban J connectivity index is 2.18. The van der Waals surface area contributed by atoms with Gasteiger partial charge in [0.15, 0.2) is 0 Å². The van der Waals surface area contributed by atoms with Crippen LogP contribution in [0.4, 0.5) is 0 Å². The van der Waals surface area contributed by atoms with Crippen LogP contribution >= 0.6 is 0 Å². The molecular formula is C14H30N2O2. The molecule has 2 unspecified atom stereocenters. The van der Waals surface area contributed by atoms with Gasteiger partial charge in [-0.05, 0) is 32.7 Å². The smallest absolute Gasteiger partial charge is 0.0702 e. The number of nitrogens with zero attached hydrogens (tertiary/aromatic N) is 1. The lowest BCUT2D eigenvalue weighted by Crippen LogP contribution is -2.48. The third kappa shape index (κ3) is 6.14. The van der Waals surface area contributed by atoms with Crippen molar-refractivity contribution in [2.24, 2.45) is 0 Å². The number of methoxy groups -OCH3 is 1. The van der Waals surface area contributed by atoms with Gasteiger partial charge in [0.2, 0.25) is 0 Å². The molecule has 1 N–H and O–H groups in total. The van der Waals surface area contributed by atoms with E-state index in [4.69, 9.17) is 9.47 Å². The van der Waals surface area contributed by atoms with E-state index in [1.165, 1.54) is 19.4 Å². The fourth-order valence-electron chi connectivity index (χ4n) is 2.40. The first kappa shape index (κ1) is 15.9. The van der Waals surface area contributed by atoms with Crippen molar-refractivity contribution in [3.8, 4) is 0 Å². The molecule has 0 aromatic carbocycles. The summed E-state index contributed by atoms with van der Waals surface area (Å²) in [6, 6.07) is 0.579. The summed E-state index contributed by atoms with van der Waals surface area (Å²) in [5, 5.41) is 3.43. The quantitative estimate of drug-likeness (QED) is 0.636. The molecule has 0 aromatic rings. The number of rotatable bonds is 9. The highest BCUT2D eigenvalue weighted by atomic mass is 16.5. The zero-order valence-corrected chi connectivity index (χ0v) is 12.3. The van der Waals surface area contributed by atoms with Gasteiger partial charge in [0.1, 0.15) is 0 Å². The van der Waals surface area contributed by atoms with Crippen LogP contribution in [0.25, 0.3) is 0 Å². The molecule has 2 atom stereocenters. The van der Waals surface area contributed by atoms with Gasteiger partial charge in [-0.15, -0.1) is 0 Å². The van der Waals surface area contributed by atoms with Crippen molar-refractivity contribution in [3.63, 3.8) is 0 Å². The first-order valence-electron chi connectivity index (χ1n) is 7.33. The van der Waals surface area contributed by atoms with Gasteiger partial charge < -0.3 is 14.8 Å². The van der Waals surface area contributed by atoms with Crippen molar-refractivity contribution in [1.29, 1.82) is 0 Å². The standard InChI is InChI=1S/C14H30N2O2/c1-4-9-18-14-6-5-8-16(12-14)13(2)11-15-7-10-17-3/h13-15H,4-12H2,1-3H3. The predicted molar refractivity (Wildman–Crippen MR) is 75.0 cm³/mol. The zero-order chi connectivity index (χ0) is 13.2. The Morgan fingerprint density at radius 2 is 2.22 bits per heavy atom. The van der Waals surface area contributed by atoms with E-state index in [-0.39, 0.29) is 0 Å². The van der Waals surface area contributed by atoms with Crippen molar-refractivity contribution < 1.29 is 9.47 Å². The van der Waals surface area contributed by atoms with E-state index in [1.54, 1.807) is 7.11 Å². The Bertz CT molecular complexity index is 202. The van der Waals surface area contributed by atoms with Crippen LogP contribution < -0.4 is 5.32 Å². The molecular weight excluding hydrogens is 228 g/mol. The van der Waals surface area contributed by atoms with Gasteiger partial charge in [-0.3, -0.25) is 4.90 Å². The maximum absolute atomic E-state index is 5.87. The second-order valence-corrected chi connectivity index (χ2v) is 5.18. The summed E-state index contributed by atoms with van der Waals surface area (Å²) in [7, 11) is 1.74. The van der Waals surface area contributed by atoms with Gasteiger partial charge in [0, 0.05) is 39.4 Å². The second kappa shape index (κ2) is 9.73. The summed E-state index contributed by atoms with van der Waals surface area (Å²) >= 11 is 0. The van der Waals surface area contributed by atoms with Crippen LogP contribution in [0.2, 0.25) is 0 Å². The van der Waals surface area contributed by atoms with Crippen LogP contribution in [0, 0.1) is 0 Å². The fourth-order valence-corrected chi connectivity index (χ4v) is 2.40. The van der Waals surface area contributed by atoms with Crippen molar-refractivity contribution in [3.05, 3.63) is 0 Å². The molecule has 0 saturated carbocycles. The maximum atomic E-state index is 5.87. The molecule has 0 aromatic heterocycles. The van der Waals surface area contributed by atoms with E-state index in [2.05, 4.69) is 24.1 Å². The minimum Gasteiger partial charge on any atom is -0.383 e. The molecule has 1 rings (SSSR count). The number of likely N-dealkylation sites (tertiary alicyclic amines) is 1. The van der Waals surface area contributed by atoms with Crippen molar-refractivity contribution in [1.82, 2.24) is 10.2 Å². The molecule has 1 heterocycles. The highest BCUT2D eigenvalue weighted by Crippen LogP contribution is 2.15. The lowest BCUT2D eigenvalue weighted by atomic mass is 10.1. The van der Waals surface area contributed by atoms with Gasteiger partial charge in [0.05, 0.1) is 12.7 Å². The Hall–Kier alpha value is -0.160. The van der Waals surface area contributed by atoms with Crippen molar-refractivity contribution >= 4 is 0 Å². The Morgan fingerprint density at radius 1 is 1.39 bits per heavy atom. The molecule has 1 fully saturated rings. The zero-order valence-electron chi connectivity index (χ0n) is 12.3. The van der Waals surface area contributed by atoms with Crippen molar-refractivity contribution in [2.45, 2.75) is 45.3 Å². The van der Waals surface area contributed by atoms with Gasteiger partial charge in [0.25, 0.3) is 0 Å². The monoisotopic (exact) mass is 258 g/mol. The number of hydrogen-bond acceptors (Lipinski definition) is 4. The van der Waals surface area contributed by atoms with Crippen LogP contribution in [-0.2, 0) is 9.47 Å². The van der Waals surface area contributed by atoms with E-state index >= 15 is 0 Å². The summed E-state index contributed by atoms with van der Waals surface area (Å²) in [6.45, 7) is 10.4. The minimum absolute atomic E-state index is 0.445. The van der Waals surface area contributed by atoms with E-state index in [0.29, 0.717) is 12.1 Å². The largest absolute Gasteiger partial charge is 0.383 e. The SMILES string of the molecule is CCCOC1CCCN(C(C)CNCCOC)C1. The third-order valence-electron chi connectivity index (χ3n) is 3.51. The fraction of sp³-hybridized carbons (Fsp3) is 1.00. The first-order valence-corrected chi connectivity index (χ1v) is 7.33. The van der Waals surface area contributed by atoms with Gasteiger partial charge in [-0.25, -0.2) is 0 Å². The number of ether oxygens (including phenoxy) is 2. The Labute approximate surface area is 112 Å². The first-order chi connectivity index (χ1) is 8.77. The average Bonchev–Trinajstić information content (AvgIpc) is 2.41. The van der Waals surface area contributed by atoms with Crippen LogP contribution in [0.3, 0.4) is 0 Å². The molecule has 4 heteroatoms. The molecule has 4 nitrogen and oxygen atoms in total. The Kier molecular flexibility index (Phi) is 8.59. The van der Waals surface area contributed by atoms with E-state index in [9.17, 15) is 0 Å². The van der Waals surface area contributed by atoms with Crippen LogP contribution in [0.1, 0.15) is 33.1 Å². The van der Waals surface area contributed by atoms with Crippen LogP contribution in [0.5, 0.6) is 0 Å². The topological polar surface area (TPSA) is 33.7 Å². The predicted octanol–water partition coefficient (Wildman–Crippen LogP) is 1.50. The van der Waals surface area contributed by atoms with E-state index < -0.39 is 0 Å². The normalized spacial score (nSPS) is 23.2. The van der Waals surface area contributed by atoms with Gasteiger partial charge >= 0.3 is 0 Å². The average molecular weight is 258 g/mol. The molecule has 1 saturated heterocycles. The molecule has 0 amide bonds. The number of hydrogen-bond donors (Lipinski definition) is 1. The summed E-state index contributed by atoms with van der Waals surface area (Å²) in [5.74, 6) is 0. The van der Waals surface area contributed by atoms with Crippen LogP contribution in [0.15, 0.2) is 0 Å². The molecule has 0 bridgehead atoms. The lowest BCUT2D eigenvalue weighted by molar-refractivity contribution is -0.0103. The molecule has 108 valence electrons. The molecule has 0 spiro atoms. The lowest BCUT2D eigenvalue weighted by Gasteiger charge is -2.36. The van der Waals surface area contributed by atoms with Crippen molar-refractivity contribution in [2.75, 3.05) is 46.5 Å². The second-order valence-electron chi connectivity index (χ2n) is 5.18.